The van der Waals surface area contributed by atoms with Crippen LogP contribution in [0.15, 0.2) is 40.9 Å². The molecule has 0 saturated heterocycles. The molecule has 0 bridgehead atoms. The molecule has 2 N–H and O–H groups in total. The Morgan fingerprint density at radius 3 is 2.48 bits per heavy atom. The summed E-state index contributed by atoms with van der Waals surface area (Å²) in [6.45, 7) is 1.99. The zero-order chi connectivity index (χ0) is 15.1. The highest BCUT2D eigenvalue weighted by molar-refractivity contribution is 9.10. The minimum Gasteiger partial charge on any atom is -0.399 e. The van der Waals surface area contributed by atoms with Crippen LogP contribution in [0.4, 0.5) is 11.4 Å². The summed E-state index contributed by atoms with van der Waals surface area (Å²) in [6.07, 6.45) is 0.727. The number of nitrogen functional groups attached to an aromatic ring is 1. The van der Waals surface area contributed by atoms with E-state index in [2.05, 4.69) is 15.9 Å². The van der Waals surface area contributed by atoms with Gasteiger partial charge in [0.15, 0.2) is 0 Å². The molecule has 4 nitrogen and oxygen atoms in total. The third-order valence-electron chi connectivity index (χ3n) is 3.57. The molecule has 106 valence electrons. The largest absolute Gasteiger partial charge is 0.399 e. The van der Waals surface area contributed by atoms with Gasteiger partial charge in [0.2, 0.25) is 0 Å². The summed E-state index contributed by atoms with van der Waals surface area (Å²) >= 11 is 3.41. The van der Waals surface area contributed by atoms with Crippen molar-refractivity contribution in [3.8, 4) is 0 Å². The Labute approximate surface area is 130 Å². The molecule has 5 heteroatoms. The summed E-state index contributed by atoms with van der Waals surface area (Å²) in [6, 6.07) is 10.3. The smallest absolute Gasteiger partial charge is 0.266 e. The maximum Gasteiger partial charge on any atom is 0.266 e. The fraction of sp³-hybridized carbons (Fsp3) is 0.125. The van der Waals surface area contributed by atoms with E-state index in [0.717, 1.165) is 16.5 Å². The lowest BCUT2D eigenvalue weighted by Gasteiger charge is -2.17. The first kappa shape index (κ1) is 13.8. The van der Waals surface area contributed by atoms with Crippen LogP contribution in [0.5, 0.6) is 0 Å². The highest BCUT2D eigenvalue weighted by Gasteiger charge is 2.37. The van der Waals surface area contributed by atoms with Crippen molar-refractivity contribution in [2.75, 3.05) is 10.6 Å². The predicted octanol–water partition coefficient (Wildman–Crippen LogP) is 3.39. The highest BCUT2D eigenvalue weighted by Crippen LogP contribution is 2.33. The van der Waals surface area contributed by atoms with E-state index in [1.807, 2.05) is 19.1 Å². The SMILES string of the molecule is CCc1cc(Br)ccc1N1C(=O)c2ccc(N)cc2C1=O. The Balaban J connectivity index is 2.14. The molecule has 0 radical (unpaired) electrons. The third kappa shape index (κ3) is 2.14. The molecule has 2 amide bonds. The summed E-state index contributed by atoms with van der Waals surface area (Å²) < 4.78 is 0.920. The summed E-state index contributed by atoms with van der Waals surface area (Å²) in [7, 11) is 0. The van der Waals surface area contributed by atoms with Gasteiger partial charge in [-0.3, -0.25) is 9.59 Å². The van der Waals surface area contributed by atoms with Gasteiger partial charge in [-0.15, -0.1) is 0 Å². The van der Waals surface area contributed by atoms with Crippen LogP contribution in [0, 0.1) is 0 Å². The van der Waals surface area contributed by atoms with Gasteiger partial charge in [0.1, 0.15) is 0 Å². The predicted molar refractivity (Wildman–Crippen MR) is 85.5 cm³/mol. The van der Waals surface area contributed by atoms with Crippen LogP contribution in [-0.4, -0.2) is 11.8 Å². The van der Waals surface area contributed by atoms with Gasteiger partial charge in [0.05, 0.1) is 16.8 Å². The van der Waals surface area contributed by atoms with E-state index >= 15 is 0 Å². The molecule has 0 unspecified atom stereocenters. The first-order valence-corrected chi connectivity index (χ1v) is 7.39. The van der Waals surface area contributed by atoms with Crippen molar-refractivity contribution in [3.63, 3.8) is 0 Å². The van der Waals surface area contributed by atoms with Gasteiger partial charge in [0.25, 0.3) is 11.8 Å². The summed E-state index contributed by atoms with van der Waals surface area (Å²) in [4.78, 5) is 26.3. The molecule has 2 aromatic rings. The van der Waals surface area contributed by atoms with Crippen LogP contribution < -0.4 is 10.6 Å². The van der Waals surface area contributed by atoms with Gasteiger partial charge < -0.3 is 5.73 Å². The third-order valence-corrected chi connectivity index (χ3v) is 4.07. The number of anilines is 2. The van der Waals surface area contributed by atoms with Crippen molar-refractivity contribution in [2.45, 2.75) is 13.3 Å². The van der Waals surface area contributed by atoms with Crippen molar-refractivity contribution in [1.82, 2.24) is 0 Å². The Kier molecular flexibility index (Phi) is 3.29. The fourth-order valence-corrected chi connectivity index (χ4v) is 2.94. The molecule has 3 rings (SSSR count). The minimum absolute atomic E-state index is 0.299. The van der Waals surface area contributed by atoms with Gasteiger partial charge in [0, 0.05) is 10.2 Å². The van der Waals surface area contributed by atoms with Crippen molar-refractivity contribution >= 4 is 39.1 Å². The molecule has 0 fully saturated rings. The summed E-state index contributed by atoms with van der Waals surface area (Å²) in [5, 5.41) is 0. The van der Waals surface area contributed by atoms with Crippen LogP contribution in [0.2, 0.25) is 0 Å². The summed E-state index contributed by atoms with van der Waals surface area (Å²) in [5.74, 6) is -0.619. The van der Waals surface area contributed by atoms with Crippen molar-refractivity contribution < 1.29 is 9.59 Å². The Hall–Kier alpha value is -2.14. The second-order valence-electron chi connectivity index (χ2n) is 4.88. The first-order chi connectivity index (χ1) is 10.0. The number of hydrogen-bond acceptors (Lipinski definition) is 3. The number of fused-ring (bicyclic) bond motifs is 1. The Bertz CT molecular complexity index is 771. The van der Waals surface area contributed by atoms with E-state index in [1.165, 1.54) is 4.90 Å². The number of halogens is 1. The first-order valence-electron chi connectivity index (χ1n) is 6.59. The molecule has 0 spiro atoms. The van der Waals surface area contributed by atoms with E-state index < -0.39 is 0 Å². The number of nitrogens with zero attached hydrogens (tertiary/aromatic N) is 1. The topological polar surface area (TPSA) is 63.4 Å². The number of hydrogen-bond donors (Lipinski definition) is 1. The zero-order valence-corrected chi connectivity index (χ0v) is 13.0. The molecule has 1 heterocycles. The van der Waals surface area contributed by atoms with Crippen LogP contribution in [-0.2, 0) is 6.42 Å². The standard InChI is InChI=1S/C16H13BrN2O2/c1-2-9-7-10(17)3-6-14(9)19-15(20)12-5-4-11(18)8-13(12)16(19)21/h3-8H,2,18H2,1H3. The number of carbonyl (C=O) groups excluding carboxylic acids is 2. The van der Waals surface area contributed by atoms with Gasteiger partial charge >= 0.3 is 0 Å². The number of amides is 2. The van der Waals surface area contributed by atoms with Crippen molar-refractivity contribution in [3.05, 3.63) is 57.6 Å². The quantitative estimate of drug-likeness (QED) is 0.670. The van der Waals surface area contributed by atoms with E-state index in [9.17, 15) is 9.59 Å². The molecule has 0 aliphatic carbocycles. The zero-order valence-electron chi connectivity index (χ0n) is 11.4. The minimum atomic E-state index is -0.320. The number of nitrogens with two attached hydrogens (primary N) is 1. The maximum absolute atomic E-state index is 12.6. The average Bonchev–Trinajstić information content (AvgIpc) is 2.71. The Morgan fingerprint density at radius 2 is 1.76 bits per heavy atom. The average molecular weight is 345 g/mol. The molecule has 21 heavy (non-hydrogen) atoms. The Morgan fingerprint density at radius 1 is 1.05 bits per heavy atom. The number of rotatable bonds is 2. The fourth-order valence-electron chi connectivity index (χ4n) is 2.53. The van der Waals surface area contributed by atoms with E-state index in [-0.39, 0.29) is 11.8 Å². The maximum atomic E-state index is 12.6. The number of benzene rings is 2. The van der Waals surface area contributed by atoms with Crippen molar-refractivity contribution in [2.24, 2.45) is 0 Å². The van der Waals surface area contributed by atoms with Gasteiger partial charge in [-0.1, -0.05) is 22.9 Å². The lowest BCUT2D eigenvalue weighted by atomic mass is 10.1. The normalized spacial score (nSPS) is 13.7. The van der Waals surface area contributed by atoms with Gasteiger partial charge in [-0.25, -0.2) is 4.90 Å². The molecule has 0 aromatic heterocycles. The van der Waals surface area contributed by atoms with Crippen molar-refractivity contribution in [1.29, 1.82) is 0 Å². The highest BCUT2D eigenvalue weighted by atomic mass is 79.9. The number of carbonyl (C=O) groups is 2. The van der Waals surface area contributed by atoms with E-state index in [4.69, 9.17) is 5.73 Å². The number of aryl methyl sites for hydroxylation is 1. The molecular weight excluding hydrogens is 332 g/mol. The van der Waals surface area contributed by atoms with E-state index in [0.29, 0.717) is 22.5 Å². The molecule has 0 saturated carbocycles. The lowest BCUT2D eigenvalue weighted by Crippen LogP contribution is -2.30. The molecule has 0 atom stereocenters. The summed E-state index contributed by atoms with van der Waals surface area (Å²) in [5.41, 5.74) is 8.52. The molecular formula is C16H13BrN2O2. The number of imide groups is 1. The molecule has 2 aromatic carbocycles. The second kappa shape index (κ2) is 5.00. The van der Waals surface area contributed by atoms with Crippen LogP contribution in [0.1, 0.15) is 33.2 Å². The van der Waals surface area contributed by atoms with Gasteiger partial charge in [-0.2, -0.15) is 0 Å². The molecule has 1 aliphatic rings. The monoisotopic (exact) mass is 344 g/mol. The van der Waals surface area contributed by atoms with Crippen LogP contribution >= 0.6 is 15.9 Å². The van der Waals surface area contributed by atoms with E-state index in [1.54, 1.807) is 24.3 Å². The van der Waals surface area contributed by atoms with Crippen LogP contribution in [0.25, 0.3) is 0 Å². The van der Waals surface area contributed by atoms with Crippen LogP contribution in [0.3, 0.4) is 0 Å². The lowest BCUT2D eigenvalue weighted by molar-refractivity contribution is 0.0926. The molecule has 1 aliphatic heterocycles. The second-order valence-corrected chi connectivity index (χ2v) is 5.79. The van der Waals surface area contributed by atoms with Gasteiger partial charge in [-0.05, 0) is 48.4 Å².